The lowest BCUT2D eigenvalue weighted by molar-refractivity contribution is 0.783. The van der Waals surface area contributed by atoms with Crippen molar-refractivity contribution in [2.45, 2.75) is 32.9 Å². The second-order valence-electron chi connectivity index (χ2n) is 1.92. The Balaban J connectivity index is 2.68. The van der Waals surface area contributed by atoms with Crippen molar-refractivity contribution in [2.24, 2.45) is 0 Å². The third-order valence-electron chi connectivity index (χ3n) is 0.955. The van der Waals surface area contributed by atoms with Crippen LogP contribution in [0.2, 0.25) is 13.1 Å². The fraction of sp³-hybridized carbons (Fsp3) is 1.00. The minimum absolute atomic E-state index is 0.597. The van der Waals surface area contributed by atoms with E-state index >= 15 is 0 Å². The number of unbranched alkanes of at least 4 members (excludes halogenated alkanes) is 1. The zero-order valence-electron chi connectivity index (χ0n) is 5.08. The monoisotopic (exact) mass is 102 g/mol. The van der Waals surface area contributed by atoms with Gasteiger partial charge < -0.3 is 4.32 Å². The molecule has 0 nitrogen and oxygen atoms in total. The lowest BCUT2D eigenvalue weighted by Gasteiger charge is -1.90. The maximum Gasteiger partial charge on any atom is 0.345 e. The normalized spacial score (nSPS) is 9.00. The molecule has 7 heavy (non-hydrogen) atoms. The van der Waals surface area contributed by atoms with Crippen LogP contribution in [0.4, 0.5) is 4.32 Å². The Hall–Kier alpha value is -0.00506. The van der Waals surface area contributed by atoms with Crippen molar-refractivity contribution in [3.8, 4) is 0 Å². The molecule has 0 bridgehead atoms. The first-order valence-corrected chi connectivity index (χ1v) is 2.91. The highest BCUT2D eigenvalue weighted by Gasteiger charge is 2.01. The summed E-state index contributed by atoms with van der Waals surface area (Å²) in [6, 6.07) is 0. The van der Waals surface area contributed by atoms with Gasteiger partial charge in [0, 0.05) is 0 Å². The zero-order chi connectivity index (χ0) is 5.70. The Bertz CT molecular complexity index is 37.1. The summed E-state index contributed by atoms with van der Waals surface area (Å²) in [4.78, 5) is 0. The molecule has 0 heterocycles. The zero-order valence-corrected chi connectivity index (χ0v) is 5.08. The van der Waals surface area contributed by atoms with E-state index in [2.05, 4.69) is 6.92 Å². The van der Waals surface area contributed by atoms with Crippen molar-refractivity contribution in [1.29, 1.82) is 0 Å². The molecule has 0 aromatic carbocycles. The molecule has 0 atom stereocenters. The van der Waals surface area contributed by atoms with E-state index in [9.17, 15) is 4.32 Å². The van der Waals surface area contributed by atoms with Gasteiger partial charge >= 0.3 is 6.99 Å². The van der Waals surface area contributed by atoms with E-state index in [4.69, 9.17) is 0 Å². The first kappa shape index (κ1) is 6.99. The summed E-state index contributed by atoms with van der Waals surface area (Å²) in [5, 5.41) is 0. The van der Waals surface area contributed by atoms with Crippen molar-refractivity contribution in [3.63, 3.8) is 0 Å². The van der Waals surface area contributed by atoms with Gasteiger partial charge in [0.25, 0.3) is 0 Å². The fourth-order valence-corrected chi connectivity index (χ4v) is 0.485. The van der Waals surface area contributed by atoms with Crippen LogP contribution in [0.15, 0.2) is 0 Å². The van der Waals surface area contributed by atoms with Gasteiger partial charge in [-0.15, -0.1) is 0 Å². The highest BCUT2D eigenvalue weighted by atomic mass is 19.1. The molecule has 0 rings (SSSR count). The molecule has 0 aliphatic rings. The Morgan fingerprint density at radius 3 is 2.29 bits per heavy atom. The number of hydrogen-bond donors (Lipinski definition) is 0. The van der Waals surface area contributed by atoms with Crippen LogP contribution >= 0.6 is 0 Å². The van der Waals surface area contributed by atoms with Crippen LogP contribution in [-0.2, 0) is 0 Å². The lowest BCUT2D eigenvalue weighted by Crippen LogP contribution is -1.94. The molecule has 0 aliphatic heterocycles. The Kier molecular flexibility index (Phi) is 4.16. The van der Waals surface area contributed by atoms with E-state index < -0.39 is 6.99 Å². The van der Waals surface area contributed by atoms with Crippen molar-refractivity contribution < 1.29 is 4.32 Å². The highest BCUT2D eigenvalue weighted by Crippen LogP contribution is 2.00. The van der Waals surface area contributed by atoms with Gasteiger partial charge in [0.05, 0.1) is 0 Å². The van der Waals surface area contributed by atoms with E-state index in [1.165, 1.54) is 0 Å². The third kappa shape index (κ3) is 5.99. The average molecular weight is 102 g/mol. The molecule has 0 saturated heterocycles. The molecule has 0 amide bonds. The van der Waals surface area contributed by atoms with Crippen LogP contribution in [0.5, 0.6) is 0 Å². The molecule has 0 spiro atoms. The molecule has 0 aromatic heterocycles. The first-order chi connectivity index (χ1) is 3.27. The van der Waals surface area contributed by atoms with Crippen LogP contribution in [0, 0.1) is 0 Å². The first-order valence-electron chi connectivity index (χ1n) is 2.91. The molecule has 0 unspecified atom stereocenters. The van der Waals surface area contributed by atoms with Crippen molar-refractivity contribution in [1.82, 2.24) is 0 Å². The van der Waals surface area contributed by atoms with Crippen molar-refractivity contribution >= 4 is 6.99 Å². The smallest absolute Gasteiger partial charge is 0.337 e. The molecule has 0 radical (unpaired) electrons. The fourth-order valence-electron chi connectivity index (χ4n) is 0.485. The maximum atomic E-state index is 11.9. The maximum absolute atomic E-state index is 11.9. The van der Waals surface area contributed by atoms with Gasteiger partial charge in [-0.25, -0.2) is 0 Å². The summed E-state index contributed by atoms with van der Waals surface area (Å²) in [7, 11) is 0. The molecular formula is C5H12BF. The Morgan fingerprint density at radius 1 is 1.57 bits per heavy atom. The van der Waals surface area contributed by atoms with Gasteiger partial charge in [0.2, 0.25) is 0 Å². The largest absolute Gasteiger partial charge is 0.345 e. The summed E-state index contributed by atoms with van der Waals surface area (Å²) in [6.07, 6.45) is 2.86. The summed E-state index contributed by atoms with van der Waals surface area (Å²) in [5.74, 6) is 0. The summed E-state index contributed by atoms with van der Waals surface area (Å²) in [5.41, 5.74) is 0. The molecule has 0 aromatic rings. The van der Waals surface area contributed by atoms with Crippen LogP contribution in [0.1, 0.15) is 19.8 Å². The van der Waals surface area contributed by atoms with Crippen molar-refractivity contribution in [3.05, 3.63) is 0 Å². The van der Waals surface area contributed by atoms with E-state index in [0.29, 0.717) is 0 Å². The molecule has 42 valence electrons. The van der Waals surface area contributed by atoms with Gasteiger partial charge in [0.1, 0.15) is 0 Å². The summed E-state index contributed by atoms with van der Waals surface area (Å²) in [6.45, 7) is 3.08. The Labute approximate surface area is 45.2 Å². The van der Waals surface area contributed by atoms with Gasteiger partial charge in [-0.3, -0.25) is 0 Å². The second kappa shape index (κ2) is 4.16. The average Bonchev–Trinajstić information content (AvgIpc) is 1.61. The predicted octanol–water partition coefficient (Wildman–Crippen LogP) is 2.38. The summed E-state index contributed by atoms with van der Waals surface area (Å²) < 4.78 is 11.9. The van der Waals surface area contributed by atoms with E-state index in [1.54, 1.807) is 6.82 Å². The van der Waals surface area contributed by atoms with Gasteiger partial charge in [0.15, 0.2) is 0 Å². The second-order valence-corrected chi connectivity index (χ2v) is 1.92. The van der Waals surface area contributed by atoms with Crippen molar-refractivity contribution in [2.75, 3.05) is 0 Å². The number of rotatable bonds is 3. The molecule has 2 heteroatoms. The lowest BCUT2D eigenvalue weighted by atomic mass is 9.70. The number of halogens is 1. The van der Waals surface area contributed by atoms with E-state index in [0.717, 1.165) is 19.2 Å². The standard InChI is InChI=1S/C5H12BF/c1-3-4-5-6(2)7/h3-5H2,1-2H3. The topological polar surface area (TPSA) is 0 Å². The summed E-state index contributed by atoms with van der Waals surface area (Å²) >= 11 is 0. The predicted molar refractivity (Wildman–Crippen MR) is 32.4 cm³/mol. The van der Waals surface area contributed by atoms with Crippen LogP contribution in [-0.4, -0.2) is 6.99 Å². The third-order valence-corrected chi connectivity index (χ3v) is 0.955. The molecular weight excluding hydrogens is 89.9 g/mol. The van der Waals surface area contributed by atoms with Crippen LogP contribution < -0.4 is 0 Å². The Morgan fingerprint density at radius 2 is 2.14 bits per heavy atom. The highest BCUT2D eigenvalue weighted by molar-refractivity contribution is 6.49. The molecule has 0 saturated carbocycles. The molecule has 0 aliphatic carbocycles. The van der Waals surface area contributed by atoms with Crippen LogP contribution in [0.25, 0.3) is 0 Å². The SMILES string of the molecule is CCCCB(C)F. The van der Waals surface area contributed by atoms with E-state index in [-0.39, 0.29) is 0 Å². The van der Waals surface area contributed by atoms with Gasteiger partial charge in [-0.1, -0.05) is 26.6 Å². The molecule has 0 N–H and O–H groups in total. The quantitative estimate of drug-likeness (QED) is 0.480. The van der Waals surface area contributed by atoms with Gasteiger partial charge in [-0.05, 0) is 6.32 Å². The minimum Gasteiger partial charge on any atom is -0.337 e. The van der Waals surface area contributed by atoms with Crippen LogP contribution in [0.3, 0.4) is 0 Å². The van der Waals surface area contributed by atoms with E-state index in [1.807, 2.05) is 0 Å². The van der Waals surface area contributed by atoms with Gasteiger partial charge in [-0.2, -0.15) is 0 Å². The number of hydrogen-bond acceptors (Lipinski definition) is 0. The minimum atomic E-state index is -0.597. The molecule has 0 fully saturated rings.